The Morgan fingerprint density at radius 1 is 0.532 bits per heavy atom. The van der Waals surface area contributed by atoms with Gasteiger partial charge in [-0.3, -0.25) is 4.57 Å². The van der Waals surface area contributed by atoms with E-state index >= 15 is 0 Å². The van der Waals surface area contributed by atoms with Crippen molar-refractivity contribution in [1.29, 1.82) is 0 Å². The summed E-state index contributed by atoms with van der Waals surface area (Å²) < 4.78 is 2.55. The van der Waals surface area contributed by atoms with Gasteiger partial charge in [-0.1, -0.05) is 188 Å². The molecule has 2 aliphatic rings. The average molecular weight is 801 g/mol. The second-order valence-electron chi connectivity index (χ2n) is 16.7. The molecule has 2 heterocycles. The third-order valence-electron chi connectivity index (χ3n) is 13.4. The zero-order chi connectivity index (χ0) is 41.1. The first-order chi connectivity index (χ1) is 30.7. The highest BCUT2D eigenvalue weighted by Crippen LogP contribution is 2.63. The van der Waals surface area contributed by atoms with Crippen molar-refractivity contribution in [2.45, 2.75) is 31.0 Å². The second-order valence-corrected chi connectivity index (χ2v) is 16.7. The maximum absolute atomic E-state index is 7.03. The summed E-state index contributed by atoms with van der Waals surface area (Å²) in [4.78, 5) is 2.60. The topological polar surface area (TPSA) is 62.8 Å². The molecule has 0 saturated carbocycles. The molecule has 0 radical (unpaired) electrons. The van der Waals surface area contributed by atoms with E-state index in [-0.39, 0.29) is 24.3 Å². The molecule has 1 aromatic heterocycles. The molecule has 9 aromatic carbocycles. The summed E-state index contributed by atoms with van der Waals surface area (Å²) in [7, 11) is 0. The highest BCUT2D eigenvalue weighted by molar-refractivity contribution is 6.25. The van der Waals surface area contributed by atoms with Crippen LogP contribution in [-0.2, 0) is 6.67 Å². The fourth-order valence-electron chi connectivity index (χ4n) is 10.7. The van der Waals surface area contributed by atoms with Crippen LogP contribution in [-0.4, -0.2) is 4.57 Å². The monoisotopic (exact) mass is 800 g/mol. The predicted octanol–water partition coefficient (Wildman–Crippen LogP) is 12.1. The number of fused-ring (bicyclic) bond motifs is 15. The van der Waals surface area contributed by atoms with E-state index in [2.05, 4.69) is 232 Å². The molecule has 62 heavy (non-hydrogen) atoms. The van der Waals surface area contributed by atoms with Crippen molar-refractivity contribution < 1.29 is 5.32 Å². The van der Waals surface area contributed by atoms with E-state index in [9.17, 15) is 0 Å². The van der Waals surface area contributed by atoms with Gasteiger partial charge in [-0.25, -0.2) is 5.32 Å². The van der Waals surface area contributed by atoms with Crippen LogP contribution in [0.4, 0.5) is 11.4 Å². The summed E-state index contributed by atoms with van der Waals surface area (Å²) in [5.41, 5.74) is 23.4. The van der Waals surface area contributed by atoms with Crippen molar-refractivity contribution in [2.75, 3.05) is 4.90 Å². The first-order valence-corrected chi connectivity index (χ1v) is 21.8. The average Bonchev–Trinajstić information content (AvgIpc) is 3.87. The number of benzene rings is 9. The second kappa shape index (κ2) is 15.0. The highest BCUT2D eigenvalue weighted by Gasteiger charge is 2.47. The number of nitrogens with zero attached hydrogens (tertiary/aromatic N) is 2. The van der Waals surface area contributed by atoms with Crippen LogP contribution in [0.25, 0.3) is 54.8 Å². The zero-order valence-corrected chi connectivity index (χ0v) is 34.3. The van der Waals surface area contributed by atoms with E-state index in [1.807, 2.05) is 0 Å². The molecular weight excluding hydrogens is 755 g/mol. The molecule has 0 amide bonds. The molecule has 298 valence electrons. The Hall–Kier alpha value is -7.28. The first-order valence-electron chi connectivity index (χ1n) is 21.8. The van der Waals surface area contributed by atoms with Gasteiger partial charge in [0.05, 0.1) is 23.2 Å². The number of quaternary nitrogens is 1. The van der Waals surface area contributed by atoms with Crippen LogP contribution in [0.1, 0.15) is 52.1 Å². The van der Waals surface area contributed by atoms with E-state index in [1.165, 1.54) is 88.5 Å². The molecule has 1 aliphatic carbocycles. The number of anilines is 2. The van der Waals surface area contributed by atoms with Gasteiger partial charge in [0.25, 0.3) is 0 Å². The van der Waals surface area contributed by atoms with Gasteiger partial charge in [0.2, 0.25) is 0 Å². The number of rotatable bonds is 9. The Morgan fingerprint density at radius 2 is 1.13 bits per heavy atom. The fraction of sp³-hybridized carbons (Fsp3) is 0.0877. The normalized spacial score (nSPS) is 16.2. The number of para-hydroxylation sites is 3. The van der Waals surface area contributed by atoms with Crippen LogP contribution in [0.5, 0.6) is 0 Å². The Labute approximate surface area is 361 Å². The van der Waals surface area contributed by atoms with Crippen LogP contribution in [0.2, 0.25) is 0 Å². The molecule has 1 aliphatic heterocycles. The molecular formula is C57H46N5+. The molecule has 5 N–H and O–H groups in total. The third kappa shape index (κ3) is 5.82. The quantitative estimate of drug-likeness (QED) is 0.127. The van der Waals surface area contributed by atoms with E-state index in [0.29, 0.717) is 6.67 Å². The Balaban J connectivity index is 1.01. The van der Waals surface area contributed by atoms with Crippen molar-refractivity contribution in [3.05, 3.63) is 240 Å². The van der Waals surface area contributed by atoms with Gasteiger partial charge in [-0.15, -0.1) is 0 Å². The lowest BCUT2D eigenvalue weighted by Gasteiger charge is -2.38. The van der Waals surface area contributed by atoms with Gasteiger partial charge in [0.1, 0.15) is 0 Å². The van der Waals surface area contributed by atoms with Gasteiger partial charge in [0.15, 0.2) is 12.8 Å². The Kier molecular flexibility index (Phi) is 8.85. The lowest BCUT2D eigenvalue weighted by atomic mass is 9.71. The maximum Gasteiger partial charge on any atom is 0.169 e. The molecule has 12 rings (SSSR count). The summed E-state index contributed by atoms with van der Waals surface area (Å²) in [5.74, 6) is 0.134. The van der Waals surface area contributed by atoms with E-state index < -0.39 is 0 Å². The largest absolute Gasteiger partial charge is 0.333 e. The number of nitrogens with one attached hydrogen (secondary N) is 1. The molecule has 0 spiro atoms. The Bertz CT molecular complexity index is 3250. The summed E-state index contributed by atoms with van der Waals surface area (Å²) in [5, 5.41) is 11.4. The van der Waals surface area contributed by atoms with Gasteiger partial charge < -0.3 is 16.0 Å². The van der Waals surface area contributed by atoms with Gasteiger partial charge >= 0.3 is 0 Å². The minimum Gasteiger partial charge on any atom is -0.333 e. The van der Waals surface area contributed by atoms with E-state index in [0.717, 1.165) is 5.56 Å². The molecule has 5 nitrogen and oxygen atoms in total. The van der Waals surface area contributed by atoms with Crippen LogP contribution < -0.4 is 21.3 Å². The standard InChI is InChI=1S/C57H45N5/c58-56(39-34-32-38(33-35-39)37-18-4-1-5-19-37)60-57(40-20-6-2-7-21-40)59-36-61-48-30-16-14-28-46(48)52-50-43-25-11-13-27-45(43)55-53(51(50)42-24-10-12-26-44(42)54(52)61)47-29-15-17-31-49(47)62(55)41-22-8-3-9-23-41/h1-35,53,55-57,59-60H,36,58H2/p+1. The molecule has 0 bridgehead atoms. The minimum atomic E-state index is -0.374. The van der Waals surface area contributed by atoms with Crippen LogP contribution in [0.3, 0.4) is 0 Å². The van der Waals surface area contributed by atoms with E-state index in [1.54, 1.807) is 0 Å². The lowest BCUT2D eigenvalue weighted by molar-refractivity contribution is -0.728. The Morgan fingerprint density at radius 3 is 1.90 bits per heavy atom. The molecule has 4 unspecified atom stereocenters. The van der Waals surface area contributed by atoms with Crippen LogP contribution >= 0.6 is 0 Å². The fourth-order valence-corrected chi connectivity index (χ4v) is 10.7. The number of nitrogens with two attached hydrogens (primary N) is 2. The van der Waals surface area contributed by atoms with Crippen LogP contribution in [0, 0.1) is 0 Å². The van der Waals surface area contributed by atoms with Crippen molar-refractivity contribution in [3.63, 3.8) is 0 Å². The maximum atomic E-state index is 7.03. The minimum absolute atomic E-state index is 0.109. The molecule has 0 fully saturated rings. The molecule has 4 atom stereocenters. The molecule has 10 aromatic rings. The van der Waals surface area contributed by atoms with E-state index in [4.69, 9.17) is 5.73 Å². The lowest BCUT2D eigenvalue weighted by Crippen LogP contribution is -2.88. The van der Waals surface area contributed by atoms with Crippen LogP contribution in [0.15, 0.2) is 212 Å². The van der Waals surface area contributed by atoms with Crippen molar-refractivity contribution >= 4 is 44.0 Å². The van der Waals surface area contributed by atoms with Crippen molar-refractivity contribution in [3.8, 4) is 22.3 Å². The van der Waals surface area contributed by atoms with Crippen molar-refractivity contribution in [1.82, 2.24) is 9.88 Å². The van der Waals surface area contributed by atoms with Gasteiger partial charge in [-0.05, 0) is 74.2 Å². The summed E-state index contributed by atoms with van der Waals surface area (Å²) in [6, 6.07) is 77.3. The SMILES string of the molecule is NC(NC([NH2+]Cn1c2ccccc2c2c3c(c4ccccc4c21)C1c2ccccc2N(c2ccccc2)C1c1ccccc1-3)c1ccccc1)c1ccc(-c2ccccc2)cc1. The highest BCUT2D eigenvalue weighted by atomic mass is 15.2. The first kappa shape index (κ1) is 36.6. The smallest absolute Gasteiger partial charge is 0.169 e. The summed E-state index contributed by atoms with van der Waals surface area (Å²) >= 11 is 0. The number of aromatic nitrogens is 1. The third-order valence-corrected chi connectivity index (χ3v) is 13.4. The zero-order valence-electron chi connectivity index (χ0n) is 34.3. The molecule has 0 saturated heterocycles. The number of hydrogen-bond acceptors (Lipinski definition) is 3. The van der Waals surface area contributed by atoms with Gasteiger partial charge in [-0.2, -0.15) is 0 Å². The summed E-state index contributed by atoms with van der Waals surface area (Å²) in [6.45, 7) is 0.678. The molecule has 5 heteroatoms. The summed E-state index contributed by atoms with van der Waals surface area (Å²) in [6.07, 6.45) is -0.484. The van der Waals surface area contributed by atoms with Gasteiger partial charge in [0, 0.05) is 39.0 Å². The predicted molar refractivity (Wildman–Crippen MR) is 255 cm³/mol. The number of hydrogen-bond donors (Lipinski definition) is 3. The van der Waals surface area contributed by atoms with Crippen molar-refractivity contribution in [2.24, 2.45) is 5.73 Å².